The van der Waals surface area contributed by atoms with E-state index in [-0.39, 0.29) is 0 Å². The molecular weight excluding hydrogens is 342 g/mol. The molecule has 7 nitrogen and oxygen atoms in total. The van der Waals surface area contributed by atoms with E-state index in [1.165, 1.54) is 0 Å². The van der Waals surface area contributed by atoms with Gasteiger partial charge in [0, 0.05) is 18.8 Å². The number of aryl methyl sites for hydroxylation is 1. The van der Waals surface area contributed by atoms with Crippen molar-refractivity contribution in [1.29, 1.82) is 0 Å². The summed E-state index contributed by atoms with van der Waals surface area (Å²) in [5.41, 5.74) is 1.56. The maximum Gasteiger partial charge on any atom is 0.239 e. The first-order valence-corrected chi connectivity index (χ1v) is 10.1. The van der Waals surface area contributed by atoms with Crippen molar-refractivity contribution in [3.63, 3.8) is 0 Å². The van der Waals surface area contributed by atoms with E-state index in [4.69, 9.17) is 0 Å². The van der Waals surface area contributed by atoms with E-state index in [1.54, 1.807) is 12.1 Å². The number of sulfone groups is 1. The molecule has 1 rings (SSSR count). The molecule has 1 aromatic carbocycles. The summed E-state index contributed by atoms with van der Waals surface area (Å²) >= 11 is 0. The quantitative estimate of drug-likeness (QED) is 0.636. The summed E-state index contributed by atoms with van der Waals surface area (Å²) in [5, 5.41) is 5.09. The van der Waals surface area contributed by atoms with Crippen LogP contribution in [0.1, 0.15) is 19.4 Å². The van der Waals surface area contributed by atoms with Gasteiger partial charge in [0.05, 0.1) is 0 Å². The number of nitrogens with zero attached hydrogens (tertiary/aromatic N) is 1. The second kappa shape index (κ2) is 10.1. The Bertz CT molecular complexity index is 668. The first kappa shape index (κ1) is 21.1. The van der Waals surface area contributed by atoms with Crippen molar-refractivity contribution in [3.8, 4) is 0 Å². The molecule has 0 saturated heterocycles. The molecular formula is C17H27N3O4S. The maximum absolute atomic E-state index is 12.0. The fourth-order valence-electron chi connectivity index (χ4n) is 2.23. The number of amides is 2. The smallest absolute Gasteiger partial charge is 0.239 e. The number of rotatable bonds is 10. The molecule has 2 amide bonds. The summed E-state index contributed by atoms with van der Waals surface area (Å²) in [5.74, 6) is -2.65. The lowest BCUT2D eigenvalue weighted by atomic mass is 10.2. The Kier molecular flexibility index (Phi) is 8.57. The first-order chi connectivity index (χ1) is 11.8. The number of likely N-dealkylation sites (N-methyl/N-ethyl adjacent to an activating group) is 1. The number of nitrogens with one attached hydrogen (secondary N) is 2. The third-order valence-electron chi connectivity index (χ3n) is 3.68. The molecule has 0 saturated carbocycles. The fraction of sp³-hybridized carbons (Fsp3) is 0.529. The Morgan fingerprint density at radius 1 is 1.00 bits per heavy atom. The normalized spacial score (nSPS) is 11.4. The molecule has 0 spiro atoms. The van der Waals surface area contributed by atoms with Crippen LogP contribution in [0.25, 0.3) is 0 Å². The van der Waals surface area contributed by atoms with E-state index in [2.05, 4.69) is 15.5 Å². The van der Waals surface area contributed by atoms with Crippen LogP contribution in [0.2, 0.25) is 0 Å². The first-order valence-electron chi connectivity index (χ1n) is 8.31. The van der Waals surface area contributed by atoms with Crippen molar-refractivity contribution in [2.45, 2.75) is 20.8 Å². The monoisotopic (exact) mass is 369 g/mol. The van der Waals surface area contributed by atoms with Gasteiger partial charge >= 0.3 is 0 Å². The zero-order valence-electron chi connectivity index (χ0n) is 15.0. The molecule has 0 radical (unpaired) electrons. The Morgan fingerprint density at radius 3 is 2.12 bits per heavy atom. The Hall–Kier alpha value is -1.93. The minimum atomic E-state index is -3.81. The number of hydrogen-bond acceptors (Lipinski definition) is 5. The summed E-state index contributed by atoms with van der Waals surface area (Å²) in [6, 6.07) is 7.01. The molecule has 0 aliphatic rings. The van der Waals surface area contributed by atoms with Gasteiger partial charge in [-0.25, -0.2) is 8.42 Å². The average Bonchev–Trinajstić information content (AvgIpc) is 2.52. The predicted molar refractivity (Wildman–Crippen MR) is 99.3 cm³/mol. The van der Waals surface area contributed by atoms with Crippen LogP contribution in [0.15, 0.2) is 24.3 Å². The topological polar surface area (TPSA) is 95.6 Å². The molecule has 0 aliphatic heterocycles. The van der Waals surface area contributed by atoms with Gasteiger partial charge in [0.15, 0.2) is 9.84 Å². The van der Waals surface area contributed by atoms with Gasteiger partial charge in [-0.05, 0) is 32.1 Å². The lowest BCUT2D eigenvalue weighted by molar-refractivity contribution is -0.118. The Balaban J connectivity index is 2.42. The maximum atomic E-state index is 12.0. The van der Waals surface area contributed by atoms with E-state index in [0.717, 1.165) is 18.7 Å². The second-order valence-electron chi connectivity index (χ2n) is 5.82. The molecule has 0 aliphatic carbocycles. The van der Waals surface area contributed by atoms with Gasteiger partial charge in [0.1, 0.15) is 11.5 Å². The van der Waals surface area contributed by atoms with Crippen LogP contribution in [-0.4, -0.2) is 62.8 Å². The molecule has 0 unspecified atom stereocenters. The van der Waals surface area contributed by atoms with Crippen LogP contribution in [0.5, 0.6) is 0 Å². The molecule has 1 aromatic rings. The molecule has 0 aromatic heterocycles. The van der Waals surface area contributed by atoms with Gasteiger partial charge in [0.25, 0.3) is 0 Å². The van der Waals surface area contributed by atoms with E-state index < -0.39 is 33.2 Å². The number of carbonyl (C=O) groups is 2. The van der Waals surface area contributed by atoms with Crippen LogP contribution in [0.3, 0.4) is 0 Å². The van der Waals surface area contributed by atoms with Crippen LogP contribution in [0.4, 0.5) is 5.69 Å². The van der Waals surface area contributed by atoms with E-state index in [0.29, 0.717) is 18.8 Å². The lowest BCUT2D eigenvalue weighted by Gasteiger charge is -2.17. The number of carbonyl (C=O) groups excluding carboxylic acids is 2. The highest BCUT2D eigenvalue weighted by atomic mass is 32.2. The molecule has 8 heteroatoms. The van der Waals surface area contributed by atoms with Crippen molar-refractivity contribution in [2.24, 2.45) is 0 Å². The van der Waals surface area contributed by atoms with Crippen molar-refractivity contribution in [3.05, 3.63) is 29.8 Å². The van der Waals surface area contributed by atoms with Crippen molar-refractivity contribution >= 4 is 27.3 Å². The Labute approximate surface area is 149 Å². The largest absolute Gasteiger partial charge is 0.354 e. The average molecular weight is 369 g/mol. The highest BCUT2D eigenvalue weighted by molar-refractivity contribution is 7.92. The zero-order chi connectivity index (χ0) is 18.9. The van der Waals surface area contributed by atoms with Crippen LogP contribution < -0.4 is 10.6 Å². The van der Waals surface area contributed by atoms with Crippen LogP contribution in [-0.2, 0) is 19.4 Å². The standard InChI is InChI=1S/C17H27N3O4S/c1-4-20(5-2)11-10-18-16(21)12-25(23,24)13-17(22)19-15-8-6-14(3)7-9-15/h6-9H,4-5,10-13H2,1-3H3,(H,18,21)(H,19,22). The van der Waals surface area contributed by atoms with E-state index in [9.17, 15) is 18.0 Å². The third kappa shape index (κ3) is 8.64. The highest BCUT2D eigenvalue weighted by Crippen LogP contribution is 2.08. The molecule has 25 heavy (non-hydrogen) atoms. The van der Waals surface area contributed by atoms with Gasteiger partial charge in [0.2, 0.25) is 11.8 Å². The van der Waals surface area contributed by atoms with Gasteiger partial charge in [-0.15, -0.1) is 0 Å². The van der Waals surface area contributed by atoms with Crippen LogP contribution >= 0.6 is 0 Å². The lowest BCUT2D eigenvalue weighted by Crippen LogP contribution is -2.38. The zero-order valence-corrected chi connectivity index (χ0v) is 15.9. The molecule has 0 heterocycles. The Morgan fingerprint density at radius 2 is 1.56 bits per heavy atom. The predicted octanol–water partition coefficient (Wildman–Crippen LogP) is 0.806. The van der Waals surface area contributed by atoms with Crippen LogP contribution in [0, 0.1) is 6.92 Å². The van der Waals surface area contributed by atoms with Gasteiger partial charge in [-0.1, -0.05) is 31.5 Å². The van der Waals surface area contributed by atoms with Crippen molar-refractivity contribution in [2.75, 3.05) is 43.0 Å². The number of benzene rings is 1. The van der Waals surface area contributed by atoms with Gasteiger partial charge < -0.3 is 15.5 Å². The fourth-order valence-corrected chi connectivity index (χ4v) is 3.30. The third-order valence-corrected chi connectivity index (χ3v) is 5.09. The van der Waals surface area contributed by atoms with E-state index in [1.807, 2.05) is 32.9 Å². The summed E-state index contributed by atoms with van der Waals surface area (Å²) in [6.07, 6.45) is 0. The van der Waals surface area contributed by atoms with Gasteiger partial charge in [-0.2, -0.15) is 0 Å². The summed E-state index contributed by atoms with van der Waals surface area (Å²) in [4.78, 5) is 25.7. The minimum Gasteiger partial charge on any atom is -0.354 e. The molecule has 0 bridgehead atoms. The van der Waals surface area contributed by atoms with Crippen molar-refractivity contribution in [1.82, 2.24) is 10.2 Å². The molecule has 2 N–H and O–H groups in total. The summed E-state index contributed by atoms with van der Waals surface area (Å²) in [6.45, 7) is 8.71. The SMILES string of the molecule is CCN(CC)CCNC(=O)CS(=O)(=O)CC(=O)Nc1ccc(C)cc1. The highest BCUT2D eigenvalue weighted by Gasteiger charge is 2.20. The summed E-state index contributed by atoms with van der Waals surface area (Å²) < 4.78 is 23.9. The minimum absolute atomic E-state index is 0.381. The molecule has 140 valence electrons. The van der Waals surface area contributed by atoms with E-state index >= 15 is 0 Å². The summed E-state index contributed by atoms with van der Waals surface area (Å²) in [7, 11) is -3.81. The number of anilines is 1. The second-order valence-corrected chi connectivity index (χ2v) is 7.89. The van der Waals surface area contributed by atoms with Gasteiger partial charge in [-0.3, -0.25) is 9.59 Å². The molecule has 0 atom stereocenters. The van der Waals surface area contributed by atoms with Crippen molar-refractivity contribution < 1.29 is 18.0 Å². The number of hydrogen-bond donors (Lipinski definition) is 2. The molecule has 0 fully saturated rings.